The molecule has 1 aromatic rings. The summed E-state index contributed by atoms with van der Waals surface area (Å²) in [5.74, 6) is -0.251. The van der Waals surface area contributed by atoms with Crippen molar-refractivity contribution in [3.8, 4) is 5.75 Å². The Labute approximate surface area is 109 Å². The molecule has 1 aromatic carbocycles. The van der Waals surface area contributed by atoms with E-state index in [9.17, 15) is 9.90 Å². The number of hydrogen-bond donors (Lipinski definition) is 2. The van der Waals surface area contributed by atoms with Crippen LogP contribution in [0.1, 0.15) is 20.3 Å². The zero-order valence-electron chi connectivity index (χ0n) is 9.87. The summed E-state index contributed by atoms with van der Waals surface area (Å²) in [6.45, 7) is 3.89. The Morgan fingerprint density at radius 1 is 1.59 bits per heavy atom. The van der Waals surface area contributed by atoms with Gasteiger partial charge in [-0.15, -0.1) is 0 Å². The molecule has 1 amide bonds. The van der Waals surface area contributed by atoms with Crippen LogP contribution in [0.25, 0.3) is 0 Å². The van der Waals surface area contributed by atoms with E-state index >= 15 is 0 Å². The van der Waals surface area contributed by atoms with Crippen LogP contribution in [0.2, 0.25) is 0 Å². The first-order valence-corrected chi connectivity index (χ1v) is 6.22. The molecule has 2 N–H and O–H groups in total. The summed E-state index contributed by atoms with van der Waals surface area (Å²) in [7, 11) is 0. The van der Waals surface area contributed by atoms with Crippen molar-refractivity contribution < 1.29 is 14.6 Å². The van der Waals surface area contributed by atoms with Gasteiger partial charge >= 0.3 is 0 Å². The molecule has 0 heterocycles. The second-order valence-corrected chi connectivity index (χ2v) is 4.66. The van der Waals surface area contributed by atoms with Crippen molar-refractivity contribution in [2.75, 3.05) is 11.9 Å². The standard InChI is InChI=1S/C12H16BrNO3/c1-3-8(2)17-7-12(16)14-10-5-4-9(13)6-11(10)15/h4-6,8,15H,3,7H2,1-2H3,(H,14,16)/t8-/m1/s1. The Balaban J connectivity index is 2.50. The van der Waals surface area contributed by atoms with E-state index in [1.54, 1.807) is 12.1 Å². The summed E-state index contributed by atoms with van der Waals surface area (Å²) in [6.07, 6.45) is 0.913. The third-order valence-electron chi connectivity index (χ3n) is 2.31. The van der Waals surface area contributed by atoms with Crippen LogP contribution in [0, 0.1) is 0 Å². The first-order valence-electron chi connectivity index (χ1n) is 5.43. The van der Waals surface area contributed by atoms with Crippen LogP contribution < -0.4 is 5.32 Å². The van der Waals surface area contributed by atoms with Crippen LogP contribution >= 0.6 is 15.9 Å². The van der Waals surface area contributed by atoms with Crippen molar-refractivity contribution in [2.45, 2.75) is 26.4 Å². The van der Waals surface area contributed by atoms with Crippen molar-refractivity contribution >= 4 is 27.5 Å². The average Bonchev–Trinajstić information content (AvgIpc) is 2.29. The van der Waals surface area contributed by atoms with Crippen LogP contribution in [0.3, 0.4) is 0 Å². The maximum atomic E-state index is 11.5. The average molecular weight is 302 g/mol. The molecule has 0 aromatic heterocycles. The number of rotatable bonds is 5. The van der Waals surface area contributed by atoms with Crippen LogP contribution in [0.4, 0.5) is 5.69 Å². The number of nitrogens with one attached hydrogen (secondary N) is 1. The maximum Gasteiger partial charge on any atom is 0.250 e. The number of ether oxygens (including phenoxy) is 1. The van der Waals surface area contributed by atoms with E-state index in [1.165, 1.54) is 6.07 Å². The molecule has 5 heteroatoms. The van der Waals surface area contributed by atoms with Gasteiger partial charge in [0.25, 0.3) is 0 Å². The highest BCUT2D eigenvalue weighted by Gasteiger charge is 2.08. The lowest BCUT2D eigenvalue weighted by atomic mass is 10.3. The fourth-order valence-corrected chi connectivity index (χ4v) is 1.48. The maximum absolute atomic E-state index is 11.5. The zero-order valence-corrected chi connectivity index (χ0v) is 11.5. The summed E-state index contributed by atoms with van der Waals surface area (Å²) in [5, 5.41) is 12.2. The van der Waals surface area contributed by atoms with Gasteiger partial charge < -0.3 is 15.2 Å². The number of phenols is 1. The van der Waals surface area contributed by atoms with Crippen molar-refractivity contribution in [1.29, 1.82) is 0 Å². The van der Waals surface area contributed by atoms with Crippen LogP contribution in [0.5, 0.6) is 5.75 Å². The molecule has 0 saturated heterocycles. The summed E-state index contributed by atoms with van der Waals surface area (Å²) in [6, 6.07) is 4.89. The molecule has 0 aliphatic rings. The van der Waals surface area contributed by atoms with Crippen molar-refractivity contribution in [3.05, 3.63) is 22.7 Å². The predicted molar refractivity (Wildman–Crippen MR) is 70.1 cm³/mol. The summed E-state index contributed by atoms with van der Waals surface area (Å²) in [5.41, 5.74) is 0.381. The molecule has 4 nitrogen and oxygen atoms in total. The first kappa shape index (κ1) is 14.0. The molecule has 0 radical (unpaired) electrons. The Morgan fingerprint density at radius 3 is 2.88 bits per heavy atom. The molecule has 17 heavy (non-hydrogen) atoms. The van der Waals surface area contributed by atoms with Crippen molar-refractivity contribution in [2.24, 2.45) is 0 Å². The molecule has 0 spiro atoms. The van der Waals surface area contributed by atoms with Gasteiger partial charge in [0, 0.05) is 4.47 Å². The third kappa shape index (κ3) is 4.75. The van der Waals surface area contributed by atoms with E-state index in [-0.39, 0.29) is 24.4 Å². The molecular formula is C12H16BrNO3. The first-order chi connectivity index (χ1) is 8.02. The minimum Gasteiger partial charge on any atom is -0.506 e. The fraction of sp³-hybridized carbons (Fsp3) is 0.417. The van der Waals surface area contributed by atoms with E-state index in [2.05, 4.69) is 21.2 Å². The fourth-order valence-electron chi connectivity index (χ4n) is 1.13. The summed E-state index contributed by atoms with van der Waals surface area (Å²) >= 11 is 3.22. The predicted octanol–water partition coefficient (Wildman–Crippen LogP) is 2.91. The van der Waals surface area contributed by atoms with Gasteiger partial charge in [0.05, 0.1) is 11.8 Å². The molecule has 0 aliphatic heterocycles. The molecule has 0 aliphatic carbocycles. The largest absolute Gasteiger partial charge is 0.506 e. The van der Waals surface area contributed by atoms with E-state index in [0.29, 0.717) is 5.69 Å². The lowest BCUT2D eigenvalue weighted by Gasteiger charge is -2.11. The number of phenolic OH excluding ortho intramolecular Hbond substituents is 1. The Morgan fingerprint density at radius 2 is 2.29 bits per heavy atom. The van der Waals surface area contributed by atoms with E-state index in [4.69, 9.17) is 4.74 Å². The number of amides is 1. The number of anilines is 1. The summed E-state index contributed by atoms with van der Waals surface area (Å²) < 4.78 is 6.04. The molecule has 0 fully saturated rings. The molecule has 0 unspecified atom stereocenters. The normalized spacial score (nSPS) is 12.2. The van der Waals surface area contributed by atoms with E-state index in [0.717, 1.165) is 10.9 Å². The number of carbonyl (C=O) groups excluding carboxylic acids is 1. The highest BCUT2D eigenvalue weighted by molar-refractivity contribution is 9.10. The lowest BCUT2D eigenvalue weighted by Crippen LogP contribution is -2.21. The molecule has 1 rings (SSSR count). The summed E-state index contributed by atoms with van der Waals surface area (Å²) in [4.78, 5) is 11.5. The molecule has 0 saturated carbocycles. The van der Waals surface area contributed by atoms with Gasteiger partial charge in [0.1, 0.15) is 12.4 Å². The Bertz CT molecular complexity index is 395. The van der Waals surface area contributed by atoms with Gasteiger partial charge in [0.2, 0.25) is 5.91 Å². The topological polar surface area (TPSA) is 58.6 Å². The highest BCUT2D eigenvalue weighted by atomic mass is 79.9. The van der Waals surface area contributed by atoms with E-state index in [1.807, 2.05) is 13.8 Å². The Hall–Kier alpha value is -1.07. The third-order valence-corrected chi connectivity index (χ3v) is 2.80. The van der Waals surface area contributed by atoms with Crippen LogP contribution in [-0.2, 0) is 9.53 Å². The number of hydrogen-bond acceptors (Lipinski definition) is 3. The molecule has 0 bridgehead atoms. The number of benzene rings is 1. The quantitative estimate of drug-likeness (QED) is 0.822. The van der Waals surface area contributed by atoms with Crippen molar-refractivity contribution in [1.82, 2.24) is 0 Å². The monoisotopic (exact) mass is 301 g/mol. The van der Waals surface area contributed by atoms with E-state index < -0.39 is 0 Å². The second-order valence-electron chi connectivity index (χ2n) is 3.74. The van der Waals surface area contributed by atoms with Crippen molar-refractivity contribution in [3.63, 3.8) is 0 Å². The molecule has 1 atom stereocenters. The molecule has 94 valence electrons. The van der Waals surface area contributed by atoms with Gasteiger partial charge in [-0.2, -0.15) is 0 Å². The minimum absolute atomic E-state index is 0.00941. The van der Waals surface area contributed by atoms with Gasteiger partial charge in [-0.1, -0.05) is 22.9 Å². The smallest absolute Gasteiger partial charge is 0.250 e. The Kier molecular flexibility index (Phi) is 5.44. The van der Waals surface area contributed by atoms with Gasteiger partial charge in [0.15, 0.2) is 0 Å². The number of aromatic hydroxyl groups is 1. The second kappa shape index (κ2) is 6.61. The zero-order chi connectivity index (χ0) is 12.8. The molecular weight excluding hydrogens is 286 g/mol. The SMILES string of the molecule is CC[C@@H](C)OCC(=O)Nc1ccc(Br)cc1O. The highest BCUT2D eigenvalue weighted by Crippen LogP contribution is 2.26. The number of halogens is 1. The van der Waals surface area contributed by atoms with Gasteiger partial charge in [-0.05, 0) is 31.5 Å². The van der Waals surface area contributed by atoms with Crippen LogP contribution in [-0.4, -0.2) is 23.7 Å². The van der Waals surface area contributed by atoms with Gasteiger partial charge in [-0.3, -0.25) is 4.79 Å². The van der Waals surface area contributed by atoms with Crippen LogP contribution in [0.15, 0.2) is 22.7 Å². The lowest BCUT2D eigenvalue weighted by molar-refractivity contribution is -0.122. The minimum atomic E-state index is -0.275. The van der Waals surface area contributed by atoms with Gasteiger partial charge in [-0.25, -0.2) is 0 Å². The number of carbonyl (C=O) groups is 1.